The van der Waals surface area contributed by atoms with Crippen molar-refractivity contribution in [2.24, 2.45) is 0 Å². The SMILES string of the molecule is CCNC(CSC(C)CC)Cc1ccc(CC)s1. The summed E-state index contributed by atoms with van der Waals surface area (Å²) in [5.41, 5.74) is 0. The molecule has 2 unspecified atom stereocenters. The fraction of sp³-hybridized carbons (Fsp3) is 0.733. The number of likely N-dealkylation sites (N-methyl/N-ethyl adjacent to an activating group) is 1. The van der Waals surface area contributed by atoms with E-state index in [2.05, 4.69) is 56.9 Å². The van der Waals surface area contributed by atoms with Crippen LogP contribution in [0.1, 0.15) is 43.9 Å². The van der Waals surface area contributed by atoms with Crippen molar-refractivity contribution in [2.45, 2.75) is 58.2 Å². The smallest absolute Gasteiger partial charge is 0.0206 e. The zero-order chi connectivity index (χ0) is 13.4. The Bertz CT molecular complexity index is 322. The van der Waals surface area contributed by atoms with E-state index >= 15 is 0 Å². The van der Waals surface area contributed by atoms with E-state index < -0.39 is 0 Å². The molecule has 0 saturated heterocycles. The van der Waals surface area contributed by atoms with Gasteiger partial charge in [-0.2, -0.15) is 11.8 Å². The predicted octanol–water partition coefficient (Wildman–Crippen LogP) is 4.36. The molecule has 0 radical (unpaired) electrons. The lowest BCUT2D eigenvalue weighted by Crippen LogP contribution is -2.33. The molecule has 0 bridgehead atoms. The van der Waals surface area contributed by atoms with Crippen LogP contribution in [0.3, 0.4) is 0 Å². The fourth-order valence-electron chi connectivity index (χ4n) is 1.84. The monoisotopic (exact) mass is 285 g/mol. The summed E-state index contributed by atoms with van der Waals surface area (Å²) in [6, 6.07) is 5.21. The van der Waals surface area contributed by atoms with Crippen LogP contribution >= 0.6 is 23.1 Å². The van der Waals surface area contributed by atoms with Crippen molar-refractivity contribution in [1.82, 2.24) is 5.32 Å². The van der Waals surface area contributed by atoms with Gasteiger partial charge in [-0.05, 0) is 37.9 Å². The van der Waals surface area contributed by atoms with Gasteiger partial charge in [-0.1, -0.05) is 27.7 Å². The Morgan fingerprint density at radius 2 is 1.94 bits per heavy atom. The molecular weight excluding hydrogens is 258 g/mol. The van der Waals surface area contributed by atoms with E-state index in [1.165, 1.54) is 28.3 Å². The molecule has 104 valence electrons. The summed E-state index contributed by atoms with van der Waals surface area (Å²) in [6.45, 7) is 10.1. The zero-order valence-electron chi connectivity index (χ0n) is 12.2. The van der Waals surface area contributed by atoms with Crippen LogP contribution in [0.2, 0.25) is 0 Å². The van der Waals surface area contributed by atoms with Crippen LogP contribution in [-0.2, 0) is 12.8 Å². The Labute approximate surface area is 121 Å². The average Bonchev–Trinajstić information content (AvgIpc) is 2.83. The minimum Gasteiger partial charge on any atom is -0.313 e. The standard InChI is InChI=1S/C15H27NS2/c1-5-12(4)17-11-13(16-7-3)10-15-9-8-14(6-2)18-15/h8-9,12-13,16H,5-7,10-11H2,1-4H3. The summed E-state index contributed by atoms with van der Waals surface area (Å²) in [4.78, 5) is 3.04. The van der Waals surface area contributed by atoms with Crippen LogP contribution in [0.5, 0.6) is 0 Å². The van der Waals surface area contributed by atoms with Crippen molar-refractivity contribution in [3.05, 3.63) is 21.9 Å². The molecule has 0 saturated carbocycles. The van der Waals surface area contributed by atoms with E-state index in [0.717, 1.165) is 18.2 Å². The Morgan fingerprint density at radius 1 is 1.22 bits per heavy atom. The van der Waals surface area contributed by atoms with Crippen molar-refractivity contribution in [3.63, 3.8) is 0 Å². The summed E-state index contributed by atoms with van der Waals surface area (Å²) in [5.74, 6) is 1.22. The van der Waals surface area contributed by atoms with Crippen LogP contribution < -0.4 is 5.32 Å². The highest BCUT2D eigenvalue weighted by Gasteiger charge is 2.11. The Hall–Kier alpha value is 0.01000. The molecule has 0 aliphatic heterocycles. The number of nitrogens with one attached hydrogen (secondary N) is 1. The third-order valence-corrected chi connectivity index (χ3v) is 5.91. The van der Waals surface area contributed by atoms with Crippen molar-refractivity contribution < 1.29 is 0 Å². The second-order valence-electron chi connectivity index (χ2n) is 4.73. The maximum atomic E-state index is 3.62. The minimum atomic E-state index is 0.623. The molecule has 18 heavy (non-hydrogen) atoms. The van der Waals surface area contributed by atoms with Crippen LogP contribution in [0.15, 0.2) is 12.1 Å². The summed E-state index contributed by atoms with van der Waals surface area (Å²) in [7, 11) is 0. The third-order valence-electron chi connectivity index (χ3n) is 3.16. The van der Waals surface area contributed by atoms with E-state index in [1.54, 1.807) is 0 Å². The van der Waals surface area contributed by atoms with Gasteiger partial charge < -0.3 is 5.32 Å². The molecule has 0 fully saturated rings. The van der Waals surface area contributed by atoms with E-state index in [1.807, 2.05) is 11.3 Å². The molecule has 2 atom stereocenters. The maximum absolute atomic E-state index is 3.62. The summed E-state index contributed by atoms with van der Waals surface area (Å²) < 4.78 is 0. The molecule has 1 nitrogen and oxygen atoms in total. The Balaban J connectivity index is 2.45. The van der Waals surface area contributed by atoms with Crippen molar-refractivity contribution in [2.75, 3.05) is 12.3 Å². The van der Waals surface area contributed by atoms with Gasteiger partial charge in [0.1, 0.15) is 0 Å². The lowest BCUT2D eigenvalue weighted by molar-refractivity contribution is 0.575. The normalized spacial score (nSPS) is 14.7. The lowest BCUT2D eigenvalue weighted by Gasteiger charge is -2.18. The number of thiophene rings is 1. The van der Waals surface area contributed by atoms with Crippen molar-refractivity contribution >= 4 is 23.1 Å². The molecule has 0 amide bonds. The van der Waals surface area contributed by atoms with Gasteiger partial charge in [-0.25, -0.2) is 0 Å². The fourth-order valence-corrected chi connectivity index (χ4v) is 3.91. The van der Waals surface area contributed by atoms with Crippen LogP contribution in [0.25, 0.3) is 0 Å². The summed E-state index contributed by atoms with van der Waals surface area (Å²) in [6.07, 6.45) is 3.61. The summed E-state index contributed by atoms with van der Waals surface area (Å²) in [5, 5.41) is 4.40. The minimum absolute atomic E-state index is 0.623. The maximum Gasteiger partial charge on any atom is 0.0206 e. The van der Waals surface area contributed by atoms with E-state index in [9.17, 15) is 0 Å². The van der Waals surface area contributed by atoms with E-state index in [4.69, 9.17) is 0 Å². The van der Waals surface area contributed by atoms with Gasteiger partial charge in [0.2, 0.25) is 0 Å². The molecule has 0 aromatic carbocycles. The topological polar surface area (TPSA) is 12.0 Å². The zero-order valence-corrected chi connectivity index (χ0v) is 13.8. The molecule has 0 aliphatic carbocycles. The van der Waals surface area contributed by atoms with Gasteiger partial charge in [0.15, 0.2) is 0 Å². The highest BCUT2D eigenvalue weighted by Crippen LogP contribution is 2.21. The van der Waals surface area contributed by atoms with Gasteiger partial charge in [-0.3, -0.25) is 0 Å². The first-order chi connectivity index (χ1) is 8.69. The van der Waals surface area contributed by atoms with Crippen LogP contribution in [0.4, 0.5) is 0 Å². The number of rotatable bonds is 9. The highest BCUT2D eigenvalue weighted by molar-refractivity contribution is 7.99. The predicted molar refractivity (Wildman–Crippen MR) is 87.1 cm³/mol. The van der Waals surface area contributed by atoms with Gasteiger partial charge in [0, 0.05) is 26.8 Å². The molecule has 0 spiro atoms. The highest BCUT2D eigenvalue weighted by atomic mass is 32.2. The van der Waals surface area contributed by atoms with E-state index in [0.29, 0.717) is 6.04 Å². The molecule has 1 heterocycles. The summed E-state index contributed by atoms with van der Waals surface area (Å²) >= 11 is 4.08. The Kier molecular flexibility index (Phi) is 8.03. The second-order valence-corrected chi connectivity index (χ2v) is 7.46. The second kappa shape index (κ2) is 9.00. The number of thioether (sulfide) groups is 1. The number of aryl methyl sites for hydroxylation is 1. The first-order valence-electron chi connectivity index (χ1n) is 7.12. The average molecular weight is 286 g/mol. The van der Waals surface area contributed by atoms with E-state index in [-0.39, 0.29) is 0 Å². The van der Waals surface area contributed by atoms with Crippen LogP contribution in [-0.4, -0.2) is 23.6 Å². The molecular formula is C15H27NS2. The molecule has 1 rings (SSSR count). The number of hydrogen-bond donors (Lipinski definition) is 1. The Morgan fingerprint density at radius 3 is 2.50 bits per heavy atom. The van der Waals surface area contributed by atoms with Gasteiger partial charge in [0.25, 0.3) is 0 Å². The van der Waals surface area contributed by atoms with Crippen molar-refractivity contribution in [1.29, 1.82) is 0 Å². The van der Waals surface area contributed by atoms with Gasteiger partial charge in [0.05, 0.1) is 0 Å². The quantitative estimate of drug-likeness (QED) is 0.723. The van der Waals surface area contributed by atoms with Crippen LogP contribution in [0, 0.1) is 0 Å². The molecule has 0 aliphatic rings. The molecule has 1 aromatic rings. The first-order valence-corrected chi connectivity index (χ1v) is 8.98. The third kappa shape index (κ3) is 5.77. The molecule has 1 N–H and O–H groups in total. The largest absolute Gasteiger partial charge is 0.313 e. The lowest BCUT2D eigenvalue weighted by atomic mass is 10.2. The molecule has 1 aromatic heterocycles. The van der Waals surface area contributed by atoms with Gasteiger partial charge >= 0.3 is 0 Å². The first kappa shape index (κ1) is 16.1. The van der Waals surface area contributed by atoms with Gasteiger partial charge in [-0.15, -0.1) is 11.3 Å². The molecule has 3 heteroatoms. The number of hydrogen-bond acceptors (Lipinski definition) is 3. The van der Waals surface area contributed by atoms with Crippen molar-refractivity contribution in [3.8, 4) is 0 Å².